The van der Waals surface area contributed by atoms with Crippen LogP contribution in [0.4, 0.5) is 10.1 Å². The van der Waals surface area contributed by atoms with Crippen molar-refractivity contribution in [3.63, 3.8) is 0 Å². The lowest BCUT2D eigenvalue weighted by atomic mass is 10.2. The maximum absolute atomic E-state index is 14.8. The molecule has 4 heterocycles. The minimum Gasteiger partial charge on any atom is -0.452 e. The van der Waals surface area contributed by atoms with E-state index >= 15 is 0 Å². The molecule has 0 spiro atoms. The van der Waals surface area contributed by atoms with Gasteiger partial charge in [-0.2, -0.15) is 5.10 Å². The van der Waals surface area contributed by atoms with Gasteiger partial charge in [-0.05, 0) is 18.6 Å². The first-order valence-corrected chi connectivity index (χ1v) is 10.2. The van der Waals surface area contributed by atoms with E-state index in [9.17, 15) is 14.0 Å². The Balaban J connectivity index is 1.37. The van der Waals surface area contributed by atoms with E-state index in [1.54, 1.807) is 17.1 Å². The second-order valence-corrected chi connectivity index (χ2v) is 7.18. The zero-order chi connectivity index (χ0) is 23.7. The van der Waals surface area contributed by atoms with Crippen LogP contribution in [-0.4, -0.2) is 40.6 Å². The minimum absolute atomic E-state index is 0.0845. The maximum atomic E-state index is 14.8. The first kappa shape index (κ1) is 21.0. The Labute approximate surface area is 190 Å². The third kappa shape index (κ3) is 3.88. The summed E-state index contributed by atoms with van der Waals surface area (Å²) in [4.78, 5) is 41.4. The van der Waals surface area contributed by atoms with Gasteiger partial charge in [0.25, 0.3) is 5.91 Å². The van der Waals surface area contributed by atoms with Gasteiger partial charge in [-0.3, -0.25) is 9.78 Å². The van der Waals surface area contributed by atoms with Crippen molar-refractivity contribution in [2.45, 2.75) is 13.3 Å². The number of carbonyl (C=O) groups excluding carboxylic acids is 1. The molecule has 34 heavy (non-hydrogen) atoms. The van der Waals surface area contributed by atoms with Crippen molar-refractivity contribution in [3.8, 4) is 17.2 Å². The molecule has 0 atom stereocenters. The summed E-state index contributed by atoms with van der Waals surface area (Å²) in [6.45, 7) is 1.90. The van der Waals surface area contributed by atoms with Crippen LogP contribution in [0.5, 0.6) is 11.5 Å². The molecule has 11 nitrogen and oxygen atoms in total. The molecule has 0 bridgehead atoms. The molecule has 0 aliphatic heterocycles. The topological polar surface area (TPSA) is 143 Å². The number of hydrogen-bond acceptors (Lipinski definition) is 7. The summed E-state index contributed by atoms with van der Waals surface area (Å²) >= 11 is 0. The third-order valence-electron chi connectivity index (χ3n) is 5.03. The standard InChI is InChI=1S/C22H17FN8O3/c1-2-16-14(10-27-31(16)13-8-24-11-25-9-13)21(32)28-12-3-4-17(15(23)7-12)34-18-5-6-26-20-19(18)29-22(33)30-20/h3-11H,2H2,1H3,(H,28,32)(H2,26,29,30,33). The number of amides is 1. The van der Waals surface area contributed by atoms with Gasteiger partial charge in [0.05, 0.1) is 29.8 Å². The van der Waals surface area contributed by atoms with Crippen molar-refractivity contribution in [3.05, 3.63) is 82.9 Å². The largest absolute Gasteiger partial charge is 0.452 e. The number of hydrogen-bond donors (Lipinski definition) is 3. The zero-order valence-electron chi connectivity index (χ0n) is 17.7. The Morgan fingerprint density at radius 2 is 1.97 bits per heavy atom. The number of aromatic nitrogens is 7. The summed E-state index contributed by atoms with van der Waals surface area (Å²) in [5.74, 6) is -0.995. The lowest BCUT2D eigenvalue weighted by molar-refractivity contribution is 0.102. The van der Waals surface area contributed by atoms with Gasteiger partial charge >= 0.3 is 5.69 Å². The molecule has 0 aliphatic rings. The molecule has 0 fully saturated rings. The van der Waals surface area contributed by atoms with E-state index in [2.05, 4.69) is 35.3 Å². The van der Waals surface area contributed by atoms with Gasteiger partial charge in [-0.15, -0.1) is 0 Å². The highest BCUT2D eigenvalue weighted by atomic mass is 19.1. The zero-order valence-corrected chi connectivity index (χ0v) is 17.7. The summed E-state index contributed by atoms with van der Waals surface area (Å²) in [6.07, 6.45) is 8.00. The van der Waals surface area contributed by atoms with Crippen molar-refractivity contribution >= 4 is 22.8 Å². The van der Waals surface area contributed by atoms with Crippen molar-refractivity contribution in [2.24, 2.45) is 0 Å². The first-order valence-electron chi connectivity index (χ1n) is 10.2. The summed E-state index contributed by atoms with van der Waals surface area (Å²) < 4.78 is 22.0. The van der Waals surface area contributed by atoms with Crippen LogP contribution in [0.3, 0.4) is 0 Å². The van der Waals surface area contributed by atoms with Gasteiger partial charge in [-0.25, -0.2) is 28.8 Å². The van der Waals surface area contributed by atoms with Gasteiger partial charge in [0.2, 0.25) is 0 Å². The van der Waals surface area contributed by atoms with Gasteiger partial charge in [0, 0.05) is 24.0 Å². The summed E-state index contributed by atoms with van der Waals surface area (Å²) in [7, 11) is 0. The van der Waals surface area contributed by atoms with Crippen molar-refractivity contribution in [1.82, 2.24) is 34.7 Å². The number of nitrogens with zero attached hydrogens (tertiary/aromatic N) is 5. The van der Waals surface area contributed by atoms with E-state index in [4.69, 9.17) is 4.74 Å². The van der Waals surface area contributed by atoms with Gasteiger partial charge in [0.1, 0.15) is 17.5 Å². The third-order valence-corrected chi connectivity index (χ3v) is 5.03. The molecular formula is C22H17FN8O3. The number of H-pyrrole nitrogens is 2. The molecule has 0 saturated heterocycles. The molecule has 0 radical (unpaired) electrons. The van der Waals surface area contributed by atoms with E-state index in [0.29, 0.717) is 34.5 Å². The molecule has 0 aliphatic carbocycles. The number of nitrogens with one attached hydrogen (secondary N) is 3. The fraction of sp³-hybridized carbons (Fsp3) is 0.0909. The van der Waals surface area contributed by atoms with Gasteiger partial charge in [0.15, 0.2) is 23.0 Å². The predicted octanol–water partition coefficient (Wildman–Crippen LogP) is 2.97. The molecule has 0 unspecified atom stereocenters. The summed E-state index contributed by atoms with van der Waals surface area (Å²) in [6, 6.07) is 5.54. The molecule has 12 heteroatoms. The van der Waals surface area contributed by atoms with Crippen LogP contribution in [0.25, 0.3) is 16.9 Å². The van der Waals surface area contributed by atoms with Crippen molar-refractivity contribution < 1.29 is 13.9 Å². The van der Waals surface area contributed by atoms with Crippen molar-refractivity contribution in [1.29, 1.82) is 0 Å². The number of halogens is 1. The number of aromatic amines is 2. The van der Waals surface area contributed by atoms with Crippen LogP contribution in [-0.2, 0) is 6.42 Å². The van der Waals surface area contributed by atoms with Crippen LogP contribution >= 0.6 is 0 Å². The van der Waals surface area contributed by atoms with Gasteiger partial charge < -0.3 is 15.0 Å². The van der Waals surface area contributed by atoms with Crippen LogP contribution in [0.15, 0.2) is 60.2 Å². The number of ether oxygens (including phenoxy) is 1. The van der Waals surface area contributed by atoms with E-state index in [-0.39, 0.29) is 17.2 Å². The second kappa shape index (κ2) is 8.58. The summed E-state index contributed by atoms with van der Waals surface area (Å²) in [5.41, 5.74) is 2.03. The fourth-order valence-corrected chi connectivity index (χ4v) is 3.50. The number of rotatable bonds is 6. The Morgan fingerprint density at radius 3 is 2.74 bits per heavy atom. The first-order chi connectivity index (χ1) is 16.5. The molecule has 3 N–H and O–H groups in total. The van der Waals surface area contributed by atoms with Crippen LogP contribution in [0.1, 0.15) is 23.0 Å². The predicted molar refractivity (Wildman–Crippen MR) is 120 cm³/mol. The fourth-order valence-electron chi connectivity index (χ4n) is 3.50. The molecule has 1 aromatic carbocycles. The average Bonchev–Trinajstić information content (AvgIpc) is 3.44. The number of pyridine rings is 1. The van der Waals surface area contributed by atoms with Crippen molar-refractivity contribution in [2.75, 3.05) is 5.32 Å². The Kier molecular flexibility index (Phi) is 5.30. The second-order valence-electron chi connectivity index (χ2n) is 7.18. The number of carbonyl (C=O) groups is 1. The molecule has 5 aromatic rings. The van der Waals surface area contributed by atoms with Gasteiger partial charge in [-0.1, -0.05) is 6.92 Å². The normalized spacial score (nSPS) is 11.0. The smallest absolute Gasteiger partial charge is 0.325 e. The van der Waals surface area contributed by atoms with E-state index < -0.39 is 17.4 Å². The van der Waals surface area contributed by atoms with Crippen LogP contribution in [0, 0.1) is 5.82 Å². The highest BCUT2D eigenvalue weighted by Crippen LogP contribution is 2.30. The van der Waals surface area contributed by atoms with E-state index in [1.807, 2.05) is 6.92 Å². The minimum atomic E-state index is -0.700. The van der Waals surface area contributed by atoms with E-state index in [1.165, 1.54) is 36.9 Å². The SMILES string of the molecule is CCc1c(C(=O)Nc2ccc(Oc3ccnc4[nH]c(=O)[nH]c34)c(F)c2)cnn1-c1cncnc1. The molecular weight excluding hydrogens is 443 g/mol. The molecule has 0 saturated carbocycles. The molecule has 1 amide bonds. The van der Waals surface area contributed by atoms with Crippen LogP contribution < -0.4 is 15.7 Å². The lowest BCUT2D eigenvalue weighted by Gasteiger charge is -2.10. The average molecular weight is 460 g/mol. The lowest BCUT2D eigenvalue weighted by Crippen LogP contribution is -2.14. The Bertz CT molecular complexity index is 1560. The molecule has 5 rings (SSSR count). The summed E-state index contributed by atoms with van der Waals surface area (Å²) in [5, 5.41) is 6.95. The van der Waals surface area contributed by atoms with Crippen LogP contribution in [0.2, 0.25) is 0 Å². The molecule has 4 aromatic heterocycles. The van der Waals surface area contributed by atoms with E-state index in [0.717, 1.165) is 6.07 Å². The quantitative estimate of drug-likeness (QED) is 0.353. The Morgan fingerprint density at radius 1 is 1.15 bits per heavy atom. The monoisotopic (exact) mass is 460 g/mol. The highest BCUT2D eigenvalue weighted by Gasteiger charge is 2.18. The number of benzene rings is 1. The maximum Gasteiger partial charge on any atom is 0.325 e. The molecule has 170 valence electrons. The number of imidazole rings is 1. The Hall–Kier alpha value is -4.87. The number of anilines is 1. The highest BCUT2D eigenvalue weighted by molar-refractivity contribution is 6.05. The number of fused-ring (bicyclic) bond motifs is 1.